The second-order valence-corrected chi connectivity index (χ2v) is 5.82. The monoisotopic (exact) mass is 223 g/mol. The zero-order chi connectivity index (χ0) is 10.7. The molecular formula is C13H21NS. The van der Waals surface area contributed by atoms with Gasteiger partial charge in [0.15, 0.2) is 0 Å². The van der Waals surface area contributed by atoms with Crippen molar-refractivity contribution in [1.29, 1.82) is 0 Å². The number of hydrogen-bond donors (Lipinski definition) is 0. The maximum absolute atomic E-state index is 2.34. The summed E-state index contributed by atoms with van der Waals surface area (Å²) in [5.41, 5.74) is 1.63. The number of nitrogens with zero attached hydrogens (tertiary/aromatic N) is 1. The summed E-state index contributed by atoms with van der Waals surface area (Å²) >= 11 is 1.97. The molecule has 0 aliphatic heterocycles. The fraction of sp³-hybridized carbons (Fsp3) is 0.692. The van der Waals surface area contributed by atoms with Crippen LogP contribution in [-0.2, 0) is 6.42 Å². The lowest BCUT2D eigenvalue weighted by Crippen LogP contribution is -2.21. The van der Waals surface area contributed by atoms with Crippen molar-refractivity contribution in [2.45, 2.75) is 38.0 Å². The van der Waals surface area contributed by atoms with Crippen LogP contribution in [0.2, 0.25) is 0 Å². The summed E-state index contributed by atoms with van der Waals surface area (Å²) in [5.74, 6) is 0.787. The van der Waals surface area contributed by atoms with Gasteiger partial charge in [0.25, 0.3) is 0 Å². The Morgan fingerprint density at radius 2 is 2.20 bits per heavy atom. The molecule has 2 rings (SSSR count). The average Bonchev–Trinajstić information content (AvgIpc) is 2.59. The van der Waals surface area contributed by atoms with E-state index in [0.29, 0.717) is 0 Å². The van der Waals surface area contributed by atoms with Crippen LogP contribution in [0.3, 0.4) is 0 Å². The first-order valence-corrected chi connectivity index (χ1v) is 6.86. The van der Waals surface area contributed by atoms with Gasteiger partial charge in [0.05, 0.1) is 0 Å². The van der Waals surface area contributed by atoms with E-state index in [2.05, 4.69) is 30.4 Å². The average molecular weight is 223 g/mol. The van der Waals surface area contributed by atoms with Gasteiger partial charge in [0.2, 0.25) is 0 Å². The van der Waals surface area contributed by atoms with Crippen LogP contribution >= 0.6 is 11.3 Å². The zero-order valence-corrected chi connectivity index (χ0v) is 10.6. The first-order valence-electron chi connectivity index (χ1n) is 5.98. The molecule has 0 bridgehead atoms. The lowest BCUT2D eigenvalue weighted by molar-refractivity contribution is 0.356. The topological polar surface area (TPSA) is 3.24 Å². The van der Waals surface area contributed by atoms with Gasteiger partial charge in [0.1, 0.15) is 0 Å². The Bertz CT molecular complexity index is 303. The van der Waals surface area contributed by atoms with Crippen LogP contribution in [0.5, 0.6) is 0 Å². The summed E-state index contributed by atoms with van der Waals surface area (Å²) in [5, 5.41) is 2.28. The van der Waals surface area contributed by atoms with Gasteiger partial charge in [-0.2, -0.15) is 0 Å². The van der Waals surface area contributed by atoms with Crippen LogP contribution in [0.1, 0.15) is 42.0 Å². The minimum atomic E-state index is 0.787. The highest BCUT2D eigenvalue weighted by atomic mass is 32.1. The molecule has 1 atom stereocenters. The van der Waals surface area contributed by atoms with Crippen LogP contribution in [0.4, 0.5) is 0 Å². The highest BCUT2D eigenvalue weighted by molar-refractivity contribution is 7.10. The second kappa shape index (κ2) is 5.13. The summed E-state index contributed by atoms with van der Waals surface area (Å²) in [7, 11) is 4.37. The maximum atomic E-state index is 2.34. The van der Waals surface area contributed by atoms with Crippen LogP contribution in [0.25, 0.3) is 0 Å². The Morgan fingerprint density at radius 3 is 3.00 bits per heavy atom. The number of aryl methyl sites for hydroxylation is 1. The molecule has 0 aromatic carbocycles. The van der Waals surface area contributed by atoms with Crippen molar-refractivity contribution in [2.24, 2.45) is 0 Å². The molecule has 0 radical (unpaired) electrons. The van der Waals surface area contributed by atoms with E-state index >= 15 is 0 Å². The Kier molecular flexibility index (Phi) is 3.81. The molecule has 1 aliphatic carbocycles. The number of rotatable bonds is 2. The lowest BCUT2D eigenvalue weighted by atomic mass is 9.91. The molecule has 0 fully saturated rings. The SMILES string of the molecule is CN(C)CC1CCCCCc2ccsc21. The van der Waals surface area contributed by atoms with E-state index in [-0.39, 0.29) is 0 Å². The number of fused-ring (bicyclic) bond motifs is 1. The van der Waals surface area contributed by atoms with E-state index in [1.54, 1.807) is 10.4 Å². The molecule has 2 heteroatoms. The van der Waals surface area contributed by atoms with Crippen molar-refractivity contribution in [2.75, 3.05) is 20.6 Å². The Morgan fingerprint density at radius 1 is 1.33 bits per heavy atom. The molecule has 84 valence electrons. The van der Waals surface area contributed by atoms with Gasteiger partial charge >= 0.3 is 0 Å². The van der Waals surface area contributed by atoms with E-state index < -0.39 is 0 Å². The Hall–Kier alpha value is -0.340. The van der Waals surface area contributed by atoms with Gasteiger partial charge in [0, 0.05) is 17.3 Å². The van der Waals surface area contributed by atoms with E-state index in [1.807, 2.05) is 11.3 Å². The molecule has 0 saturated carbocycles. The van der Waals surface area contributed by atoms with Gasteiger partial charge in [-0.15, -0.1) is 11.3 Å². The summed E-state index contributed by atoms with van der Waals surface area (Å²) in [6.07, 6.45) is 6.90. The smallest absolute Gasteiger partial charge is 0.0121 e. The van der Waals surface area contributed by atoms with Crippen molar-refractivity contribution >= 4 is 11.3 Å². The number of hydrogen-bond acceptors (Lipinski definition) is 2. The zero-order valence-electron chi connectivity index (χ0n) is 9.83. The largest absolute Gasteiger partial charge is 0.309 e. The Balaban J connectivity index is 2.17. The summed E-state index contributed by atoms with van der Waals surface area (Å²) in [4.78, 5) is 4.00. The highest BCUT2D eigenvalue weighted by Gasteiger charge is 2.19. The van der Waals surface area contributed by atoms with E-state index in [1.165, 1.54) is 38.6 Å². The van der Waals surface area contributed by atoms with Gasteiger partial charge < -0.3 is 4.90 Å². The fourth-order valence-corrected chi connectivity index (χ4v) is 3.63. The molecule has 0 spiro atoms. The normalized spacial score (nSPS) is 22.2. The van der Waals surface area contributed by atoms with E-state index in [4.69, 9.17) is 0 Å². The quantitative estimate of drug-likeness (QED) is 0.741. The minimum Gasteiger partial charge on any atom is -0.309 e. The summed E-state index contributed by atoms with van der Waals surface area (Å²) < 4.78 is 0. The molecule has 1 heterocycles. The van der Waals surface area contributed by atoms with Crippen molar-refractivity contribution in [3.63, 3.8) is 0 Å². The third-order valence-electron chi connectivity index (χ3n) is 3.24. The molecule has 0 N–H and O–H groups in total. The van der Waals surface area contributed by atoms with E-state index in [0.717, 1.165) is 5.92 Å². The minimum absolute atomic E-state index is 0.787. The van der Waals surface area contributed by atoms with E-state index in [9.17, 15) is 0 Å². The first-order chi connectivity index (χ1) is 7.27. The molecule has 0 saturated heterocycles. The van der Waals surface area contributed by atoms with Gasteiger partial charge in [-0.1, -0.05) is 12.8 Å². The first kappa shape index (κ1) is 11.2. The third-order valence-corrected chi connectivity index (χ3v) is 4.36. The number of thiophene rings is 1. The van der Waals surface area contributed by atoms with Gasteiger partial charge in [-0.25, -0.2) is 0 Å². The molecule has 1 nitrogen and oxygen atoms in total. The number of likely N-dealkylation sites (N-methyl/N-ethyl adjacent to an activating group) is 1. The molecule has 1 aromatic heterocycles. The summed E-state index contributed by atoms with van der Waals surface area (Å²) in [6, 6.07) is 2.34. The molecule has 0 amide bonds. The molecular weight excluding hydrogens is 202 g/mol. The fourth-order valence-electron chi connectivity index (χ4n) is 2.54. The Labute approximate surface area is 97.1 Å². The van der Waals surface area contributed by atoms with Crippen LogP contribution in [0.15, 0.2) is 11.4 Å². The van der Waals surface area contributed by atoms with Gasteiger partial charge in [-0.05, 0) is 50.4 Å². The second-order valence-electron chi connectivity index (χ2n) is 4.87. The maximum Gasteiger partial charge on any atom is 0.0121 e. The van der Waals surface area contributed by atoms with Crippen molar-refractivity contribution in [1.82, 2.24) is 4.90 Å². The van der Waals surface area contributed by atoms with Crippen LogP contribution in [-0.4, -0.2) is 25.5 Å². The van der Waals surface area contributed by atoms with Crippen LogP contribution < -0.4 is 0 Å². The standard InChI is InChI=1S/C13H21NS/c1-14(2)10-12-7-5-3-4-6-11-8-9-15-13(11)12/h8-9,12H,3-7,10H2,1-2H3. The molecule has 1 aromatic rings. The van der Waals surface area contributed by atoms with Gasteiger partial charge in [-0.3, -0.25) is 0 Å². The molecule has 15 heavy (non-hydrogen) atoms. The predicted molar refractivity (Wildman–Crippen MR) is 67.8 cm³/mol. The van der Waals surface area contributed by atoms with Crippen LogP contribution in [0, 0.1) is 0 Å². The van der Waals surface area contributed by atoms with Crippen molar-refractivity contribution in [3.05, 3.63) is 21.9 Å². The third kappa shape index (κ3) is 2.82. The highest BCUT2D eigenvalue weighted by Crippen LogP contribution is 2.33. The lowest BCUT2D eigenvalue weighted by Gasteiger charge is -2.23. The van der Waals surface area contributed by atoms with Crippen molar-refractivity contribution < 1.29 is 0 Å². The van der Waals surface area contributed by atoms with Crippen molar-refractivity contribution in [3.8, 4) is 0 Å². The predicted octanol–water partition coefficient (Wildman–Crippen LogP) is 3.51. The summed E-state index contributed by atoms with van der Waals surface area (Å²) in [6.45, 7) is 1.22. The molecule has 1 aliphatic rings. The molecule has 1 unspecified atom stereocenters.